The number of piperidine rings is 1. The van der Waals surface area contributed by atoms with Crippen LogP contribution in [0.2, 0.25) is 0 Å². The lowest BCUT2D eigenvalue weighted by Crippen LogP contribution is -2.39. The lowest BCUT2D eigenvalue weighted by atomic mass is 10.1. The Morgan fingerprint density at radius 3 is 2.54 bits per heavy atom. The van der Waals surface area contributed by atoms with Crippen LogP contribution in [-0.2, 0) is 6.18 Å². The molecule has 0 radical (unpaired) electrons. The van der Waals surface area contributed by atoms with Crippen molar-refractivity contribution in [3.05, 3.63) is 52.4 Å². The Balaban J connectivity index is 1.47. The van der Waals surface area contributed by atoms with E-state index in [1.807, 2.05) is 0 Å². The van der Waals surface area contributed by atoms with Crippen molar-refractivity contribution in [2.24, 2.45) is 0 Å². The van der Waals surface area contributed by atoms with Crippen LogP contribution in [0, 0.1) is 5.95 Å². The van der Waals surface area contributed by atoms with Crippen LogP contribution in [0.3, 0.4) is 0 Å². The molecule has 0 bridgehead atoms. The van der Waals surface area contributed by atoms with Crippen molar-refractivity contribution in [2.45, 2.75) is 25.1 Å². The van der Waals surface area contributed by atoms with Crippen LogP contribution in [0.1, 0.15) is 35.1 Å². The Bertz CT molecular complexity index is 1040. The molecule has 28 heavy (non-hydrogen) atoms. The van der Waals surface area contributed by atoms with Crippen LogP contribution < -0.4 is 0 Å². The lowest BCUT2D eigenvalue weighted by Gasteiger charge is -2.31. The summed E-state index contributed by atoms with van der Waals surface area (Å²) in [4.78, 5) is 18.2. The van der Waals surface area contributed by atoms with Crippen molar-refractivity contribution in [1.82, 2.24) is 24.1 Å². The highest BCUT2D eigenvalue weighted by Gasteiger charge is 2.35. The maximum atomic E-state index is 14.6. The van der Waals surface area contributed by atoms with Crippen molar-refractivity contribution in [3.63, 3.8) is 0 Å². The van der Waals surface area contributed by atoms with Gasteiger partial charge in [0.1, 0.15) is 5.65 Å². The normalized spacial score (nSPS) is 16.1. The zero-order valence-electron chi connectivity index (χ0n) is 14.3. The first-order valence-corrected chi connectivity index (χ1v) is 9.28. The number of carbonyl (C=O) groups is 1. The van der Waals surface area contributed by atoms with Gasteiger partial charge in [-0.25, -0.2) is 4.98 Å². The quantitative estimate of drug-likeness (QED) is 0.545. The topological polar surface area (TPSA) is 55.4 Å². The Kier molecular flexibility index (Phi) is 4.64. The van der Waals surface area contributed by atoms with E-state index < -0.39 is 23.7 Å². The van der Waals surface area contributed by atoms with E-state index in [9.17, 15) is 22.4 Å². The third-order valence-corrected chi connectivity index (χ3v) is 5.22. The van der Waals surface area contributed by atoms with Crippen molar-refractivity contribution in [2.75, 3.05) is 13.1 Å². The molecule has 0 saturated carbocycles. The number of carbonyl (C=O) groups excluding carboxylic acids is 1. The third kappa shape index (κ3) is 3.38. The molecule has 0 spiro atoms. The number of fused-ring (bicyclic) bond motifs is 1. The van der Waals surface area contributed by atoms with Crippen molar-refractivity contribution >= 4 is 27.5 Å². The van der Waals surface area contributed by atoms with E-state index in [4.69, 9.17) is 0 Å². The van der Waals surface area contributed by atoms with Crippen LogP contribution in [0.25, 0.3) is 5.65 Å². The zero-order chi connectivity index (χ0) is 20.1. The molecular formula is C17H14BrF4N5O. The number of rotatable bonds is 2. The summed E-state index contributed by atoms with van der Waals surface area (Å²) in [6.07, 6.45) is -0.866. The number of hydrogen-bond donors (Lipinski definition) is 0. The molecule has 11 heteroatoms. The fraction of sp³-hybridized carbons (Fsp3) is 0.353. The molecule has 4 heterocycles. The van der Waals surface area contributed by atoms with Crippen LogP contribution in [0.4, 0.5) is 17.6 Å². The van der Waals surface area contributed by atoms with Gasteiger partial charge in [-0.3, -0.25) is 13.9 Å². The van der Waals surface area contributed by atoms with Gasteiger partial charge in [0.2, 0.25) is 5.95 Å². The van der Waals surface area contributed by atoms with Gasteiger partial charge in [0.15, 0.2) is 11.4 Å². The highest BCUT2D eigenvalue weighted by Crippen LogP contribution is 2.30. The standard InChI is InChI=1S/C17H14BrF4N5O/c18-10-1-2-13-23-14(15(19)26(13)9-10)16(28)25-6-3-11(4-7-25)27-8-5-12(24-27)17(20,21)22/h1-2,5,8-9,11H,3-4,6-7H2. The summed E-state index contributed by atoms with van der Waals surface area (Å²) in [6, 6.07) is 3.97. The van der Waals surface area contributed by atoms with Crippen LogP contribution >= 0.6 is 15.9 Å². The summed E-state index contributed by atoms with van der Waals surface area (Å²) in [5.41, 5.74) is -0.894. The molecule has 6 nitrogen and oxygen atoms in total. The molecule has 0 aliphatic carbocycles. The Labute approximate surface area is 164 Å². The maximum Gasteiger partial charge on any atom is 0.435 e. The predicted octanol–water partition coefficient (Wildman–Crippen LogP) is 3.93. The van der Waals surface area contributed by atoms with Crippen molar-refractivity contribution in [3.8, 4) is 0 Å². The first-order valence-electron chi connectivity index (χ1n) is 8.49. The number of aromatic nitrogens is 4. The van der Waals surface area contributed by atoms with E-state index in [1.54, 1.807) is 12.1 Å². The number of hydrogen-bond acceptors (Lipinski definition) is 3. The summed E-state index contributed by atoms with van der Waals surface area (Å²) in [7, 11) is 0. The fourth-order valence-corrected chi connectivity index (χ4v) is 3.64. The number of halogens is 5. The van der Waals surface area contributed by atoms with E-state index in [0.29, 0.717) is 23.0 Å². The molecule has 1 aliphatic heterocycles. The molecule has 3 aromatic heterocycles. The molecular weight excluding hydrogens is 446 g/mol. The molecule has 0 aromatic carbocycles. The zero-order valence-corrected chi connectivity index (χ0v) is 15.9. The molecule has 1 fully saturated rings. The molecule has 0 unspecified atom stereocenters. The van der Waals surface area contributed by atoms with Gasteiger partial charge in [-0.15, -0.1) is 0 Å². The van der Waals surface area contributed by atoms with Crippen LogP contribution in [-0.4, -0.2) is 43.1 Å². The third-order valence-electron chi connectivity index (χ3n) is 4.75. The molecule has 3 aromatic rings. The maximum absolute atomic E-state index is 14.6. The largest absolute Gasteiger partial charge is 0.435 e. The van der Waals surface area contributed by atoms with Gasteiger partial charge in [0.05, 0.1) is 6.04 Å². The van der Waals surface area contributed by atoms with Crippen LogP contribution in [0.5, 0.6) is 0 Å². The van der Waals surface area contributed by atoms with E-state index in [1.165, 1.54) is 26.4 Å². The molecule has 0 atom stereocenters. The van der Waals surface area contributed by atoms with E-state index in [0.717, 1.165) is 6.07 Å². The number of amides is 1. The van der Waals surface area contributed by atoms with Gasteiger partial charge in [0.25, 0.3) is 5.91 Å². The van der Waals surface area contributed by atoms with E-state index in [-0.39, 0.29) is 24.8 Å². The molecule has 4 rings (SSSR count). The SMILES string of the molecule is O=C(c1nc2ccc(Br)cn2c1F)N1CCC(n2ccc(C(F)(F)F)n2)CC1. The minimum atomic E-state index is -4.49. The van der Waals surface area contributed by atoms with Crippen LogP contribution in [0.15, 0.2) is 35.1 Å². The minimum Gasteiger partial charge on any atom is -0.337 e. The summed E-state index contributed by atoms with van der Waals surface area (Å²) >= 11 is 3.24. The summed E-state index contributed by atoms with van der Waals surface area (Å²) in [5, 5.41) is 3.59. The monoisotopic (exact) mass is 459 g/mol. The Hall–Kier alpha value is -2.43. The predicted molar refractivity (Wildman–Crippen MR) is 94.3 cm³/mol. The second-order valence-electron chi connectivity index (χ2n) is 6.53. The smallest absolute Gasteiger partial charge is 0.337 e. The van der Waals surface area contributed by atoms with Gasteiger partial charge in [0, 0.05) is 30.0 Å². The molecule has 148 valence electrons. The molecule has 1 amide bonds. The number of likely N-dealkylation sites (tertiary alicyclic amines) is 1. The summed E-state index contributed by atoms with van der Waals surface area (Å²) in [6.45, 7) is 0.559. The van der Waals surface area contributed by atoms with Crippen molar-refractivity contribution < 1.29 is 22.4 Å². The van der Waals surface area contributed by atoms with Gasteiger partial charge in [-0.05, 0) is 47.0 Å². The Morgan fingerprint density at radius 2 is 1.89 bits per heavy atom. The summed E-state index contributed by atoms with van der Waals surface area (Å²) in [5.74, 6) is -1.28. The highest BCUT2D eigenvalue weighted by molar-refractivity contribution is 9.10. The minimum absolute atomic E-state index is 0.248. The lowest BCUT2D eigenvalue weighted by molar-refractivity contribution is -0.141. The number of alkyl halides is 3. The average Bonchev–Trinajstić information content (AvgIpc) is 3.27. The molecule has 1 aliphatic rings. The van der Waals surface area contributed by atoms with Gasteiger partial charge in [-0.1, -0.05) is 0 Å². The molecule has 0 N–H and O–H groups in total. The van der Waals surface area contributed by atoms with Gasteiger partial charge >= 0.3 is 6.18 Å². The second kappa shape index (κ2) is 6.87. The summed E-state index contributed by atoms with van der Waals surface area (Å²) < 4.78 is 55.8. The fourth-order valence-electron chi connectivity index (χ4n) is 3.30. The first-order chi connectivity index (χ1) is 13.2. The second-order valence-corrected chi connectivity index (χ2v) is 7.44. The van der Waals surface area contributed by atoms with Gasteiger partial charge in [-0.2, -0.15) is 22.7 Å². The van der Waals surface area contributed by atoms with E-state index in [2.05, 4.69) is 26.0 Å². The van der Waals surface area contributed by atoms with Crippen molar-refractivity contribution in [1.29, 1.82) is 0 Å². The molecule has 1 saturated heterocycles. The Morgan fingerprint density at radius 1 is 1.18 bits per heavy atom. The average molecular weight is 460 g/mol. The highest BCUT2D eigenvalue weighted by atomic mass is 79.9. The van der Waals surface area contributed by atoms with E-state index >= 15 is 0 Å². The number of nitrogens with zero attached hydrogens (tertiary/aromatic N) is 5. The van der Waals surface area contributed by atoms with Gasteiger partial charge < -0.3 is 4.90 Å². The first kappa shape index (κ1) is 18.9. The number of pyridine rings is 1. The number of imidazole rings is 1.